The Morgan fingerprint density at radius 3 is 2.44 bits per heavy atom. The molecule has 2 aromatic heterocycles. The van der Waals surface area contributed by atoms with E-state index < -0.39 is 21.9 Å². The lowest BCUT2D eigenvalue weighted by Crippen LogP contribution is -2.17. The van der Waals surface area contributed by atoms with Crippen LogP contribution in [0.5, 0.6) is 5.75 Å². The number of nitrogens with one attached hydrogen (secondary N) is 1. The van der Waals surface area contributed by atoms with Gasteiger partial charge in [0.2, 0.25) is 5.95 Å². The molecule has 0 fully saturated rings. The van der Waals surface area contributed by atoms with Crippen molar-refractivity contribution in [3.8, 4) is 22.4 Å². The van der Waals surface area contributed by atoms with E-state index in [0.29, 0.717) is 17.2 Å². The van der Waals surface area contributed by atoms with Crippen LogP contribution >= 0.6 is 11.3 Å². The smallest absolute Gasteiger partial charge is 0.406 e. The number of hydrogen-bond acceptors (Lipinski definition) is 9. The zero-order valence-corrected chi connectivity index (χ0v) is 22.1. The highest BCUT2D eigenvalue weighted by Gasteiger charge is 2.31. The molecule has 0 saturated heterocycles. The highest BCUT2D eigenvalue weighted by molar-refractivity contribution is 7.91. The van der Waals surface area contributed by atoms with Gasteiger partial charge >= 0.3 is 6.36 Å². The molecule has 1 unspecified atom stereocenters. The van der Waals surface area contributed by atoms with Gasteiger partial charge in [-0.25, -0.2) is 18.4 Å². The first-order valence-electron chi connectivity index (χ1n) is 11.6. The molecule has 4 rings (SSSR count). The third kappa shape index (κ3) is 7.52. The van der Waals surface area contributed by atoms with Crippen LogP contribution in [0.15, 0.2) is 71.2 Å². The molecule has 13 heteroatoms. The Morgan fingerprint density at radius 1 is 1.10 bits per heavy atom. The summed E-state index contributed by atoms with van der Waals surface area (Å²) in [5, 5.41) is 12.1. The van der Waals surface area contributed by atoms with Crippen molar-refractivity contribution in [3.05, 3.63) is 83.1 Å². The number of hydrogen-bond donors (Lipinski definition) is 1. The van der Waals surface area contributed by atoms with Crippen molar-refractivity contribution >= 4 is 27.1 Å². The molecule has 0 aliphatic heterocycles. The SMILES string of the molecule is CC(c1ccc(C#N)cc1)c1cc(-c2cncs2)nc(NCCCS(=O)(=O)c2ccc(OC(F)(F)F)cc2)n1. The molecule has 2 aromatic carbocycles. The van der Waals surface area contributed by atoms with Gasteiger partial charge in [0.1, 0.15) is 5.75 Å². The molecule has 0 spiro atoms. The van der Waals surface area contributed by atoms with E-state index >= 15 is 0 Å². The zero-order chi connectivity index (χ0) is 28.0. The lowest BCUT2D eigenvalue weighted by Gasteiger charge is -2.15. The van der Waals surface area contributed by atoms with Gasteiger partial charge in [-0.2, -0.15) is 5.26 Å². The average Bonchev–Trinajstić information content (AvgIpc) is 3.45. The van der Waals surface area contributed by atoms with Gasteiger partial charge in [-0.15, -0.1) is 24.5 Å². The van der Waals surface area contributed by atoms with Crippen molar-refractivity contribution in [1.29, 1.82) is 5.26 Å². The fourth-order valence-corrected chi connectivity index (χ4v) is 5.57. The Hall–Kier alpha value is -4.02. The second-order valence-corrected chi connectivity index (χ2v) is 11.4. The highest BCUT2D eigenvalue weighted by atomic mass is 32.2. The molecule has 4 aromatic rings. The van der Waals surface area contributed by atoms with Crippen LogP contribution in [-0.2, 0) is 9.84 Å². The van der Waals surface area contributed by atoms with Crippen LogP contribution in [0.4, 0.5) is 19.1 Å². The largest absolute Gasteiger partial charge is 0.573 e. The monoisotopic (exact) mass is 573 g/mol. The third-order valence-electron chi connectivity index (χ3n) is 5.70. The molecule has 2 heterocycles. The van der Waals surface area contributed by atoms with Crippen LogP contribution < -0.4 is 10.1 Å². The van der Waals surface area contributed by atoms with Gasteiger partial charge in [0.25, 0.3) is 0 Å². The topological polar surface area (TPSA) is 118 Å². The fourth-order valence-electron chi connectivity index (χ4n) is 3.68. The number of benzene rings is 2. The summed E-state index contributed by atoms with van der Waals surface area (Å²) in [6.07, 6.45) is -2.95. The average molecular weight is 574 g/mol. The number of ether oxygens (including phenoxy) is 1. The number of alkyl halides is 3. The van der Waals surface area contributed by atoms with Crippen molar-refractivity contribution < 1.29 is 26.3 Å². The molecule has 0 aliphatic carbocycles. The first-order chi connectivity index (χ1) is 18.5. The fraction of sp³-hybridized carbons (Fsp3) is 0.231. The van der Waals surface area contributed by atoms with Gasteiger partial charge in [0.05, 0.1) is 44.1 Å². The van der Waals surface area contributed by atoms with E-state index in [0.717, 1.165) is 40.4 Å². The van der Waals surface area contributed by atoms with Crippen LogP contribution in [0.25, 0.3) is 10.6 Å². The molecule has 0 saturated carbocycles. The minimum atomic E-state index is -4.86. The number of rotatable bonds is 10. The maximum atomic E-state index is 12.6. The van der Waals surface area contributed by atoms with Crippen LogP contribution in [-0.4, -0.2) is 42.0 Å². The molecule has 1 N–H and O–H groups in total. The van der Waals surface area contributed by atoms with Gasteiger partial charge in [-0.1, -0.05) is 19.1 Å². The van der Waals surface area contributed by atoms with E-state index in [9.17, 15) is 21.6 Å². The van der Waals surface area contributed by atoms with E-state index in [1.807, 2.05) is 25.1 Å². The summed E-state index contributed by atoms with van der Waals surface area (Å²) in [6.45, 7) is 2.23. The summed E-state index contributed by atoms with van der Waals surface area (Å²) in [5.74, 6) is -0.519. The first kappa shape index (κ1) is 28.0. The second kappa shape index (κ2) is 11.8. The molecule has 0 radical (unpaired) electrons. The molecular formula is C26H22F3N5O3S2. The van der Waals surface area contributed by atoms with E-state index in [-0.39, 0.29) is 29.5 Å². The molecule has 8 nitrogen and oxygen atoms in total. The van der Waals surface area contributed by atoms with Crippen LogP contribution in [0.1, 0.15) is 36.1 Å². The third-order valence-corrected chi connectivity index (χ3v) is 8.32. The summed E-state index contributed by atoms with van der Waals surface area (Å²) in [7, 11) is -3.73. The van der Waals surface area contributed by atoms with Crippen molar-refractivity contribution in [2.75, 3.05) is 17.6 Å². The Labute approximate surface area is 227 Å². The molecular weight excluding hydrogens is 551 g/mol. The number of sulfone groups is 1. The van der Waals surface area contributed by atoms with Crippen LogP contribution in [0, 0.1) is 11.3 Å². The van der Waals surface area contributed by atoms with E-state index in [2.05, 4.69) is 31.1 Å². The van der Waals surface area contributed by atoms with Crippen molar-refractivity contribution in [3.63, 3.8) is 0 Å². The summed E-state index contributed by atoms with van der Waals surface area (Å²) >= 11 is 1.42. The number of anilines is 1. The summed E-state index contributed by atoms with van der Waals surface area (Å²) < 4.78 is 66.1. The minimum Gasteiger partial charge on any atom is -0.406 e. The zero-order valence-electron chi connectivity index (χ0n) is 20.5. The van der Waals surface area contributed by atoms with E-state index in [1.54, 1.807) is 23.8 Å². The van der Waals surface area contributed by atoms with Crippen molar-refractivity contribution in [2.24, 2.45) is 0 Å². The molecule has 0 amide bonds. The predicted molar refractivity (Wildman–Crippen MR) is 140 cm³/mol. The van der Waals surface area contributed by atoms with Gasteiger partial charge < -0.3 is 10.1 Å². The summed E-state index contributed by atoms with van der Waals surface area (Å²) in [4.78, 5) is 14.0. The molecule has 202 valence electrons. The van der Waals surface area contributed by atoms with Gasteiger partial charge in [-0.05, 0) is 54.4 Å². The lowest BCUT2D eigenvalue weighted by molar-refractivity contribution is -0.274. The maximum absolute atomic E-state index is 12.6. The summed E-state index contributed by atoms with van der Waals surface area (Å²) in [6, 6.07) is 15.3. The van der Waals surface area contributed by atoms with Gasteiger partial charge in [-0.3, -0.25) is 4.98 Å². The Bertz CT molecular complexity index is 1550. The second-order valence-electron chi connectivity index (χ2n) is 8.44. The number of nitriles is 1. The van der Waals surface area contributed by atoms with Crippen molar-refractivity contribution in [2.45, 2.75) is 30.5 Å². The predicted octanol–water partition coefficient (Wildman–Crippen LogP) is 5.80. The first-order valence-corrected chi connectivity index (χ1v) is 14.2. The lowest BCUT2D eigenvalue weighted by atomic mass is 9.96. The number of halogens is 3. The normalized spacial score (nSPS) is 12.5. The summed E-state index contributed by atoms with van der Waals surface area (Å²) in [5.41, 5.74) is 4.61. The Morgan fingerprint density at radius 2 is 1.82 bits per heavy atom. The quantitative estimate of drug-likeness (QED) is 0.237. The van der Waals surface area contributed by atoms with Crippen LogP contribution in [0.2, 0.25) is 0 Å². The van der Waals surface area contributed by atoms with E-state index in [4.69, 9.17) is 5.26 Å². The molecule has 0 bridgehead atoms. The van der Waals surface area contributed by atoms with Gasteiger partial charge in [0.15, 0.2) is 9.84 Å². The molecule has 0 aliphatic rings. The van der Waals surface area contributed by atoms with E-state index in [1.165, 1.54) is 11.3 Å². The molecule has 1 atom stereocenters. The number of aromatic nitrogens is 3. The highest BCUT2D eigenvalue weighted by Crippen LogP contribution is 2.29. The number of nitrogens with zero attached hydrogens (tertiary/aromatic N) is 4. The standard InChI is InChI=1S/C26H22F3N5O3S2/c1-17(19-5-3-18(14-30)4-6-19)22-13-23(24-15-31-16-38-24)34-25(33-22)32-11-2-12-39(35,36)21-9-7-20(8-10-21)37-26(27,28)29/h3-10,13,15-17H,2,11-12H2,1H3,(H,32,33,34). The Kier molecular flexibility index (Phi) is 8.47. The van der Waals surface area contributed by atoms with Gasteiger partial charge in [0, 0.05) is 18.7 Å². The minimum absolute atomic E-state index is 0.0982. The van der Waals surface area contributed by atoms with Crippen LogP contribution in [0.3, 0.4) is 0 Å². The Balaban J connectivity index is 1.44. The maximum Gasteiger partial charge on any atom is 0.573 e. The number of thiazole rings is 1. The molecule has 39 heavy (non-hydrogen) atoms. The van der Waals surface area contributed by atoms with Crippen molar-refractivity contribution in [1.82, 2.24) is 15.0 Å².